The third kappa shape index (κ3) is 2.66. The van der Waals surface area contributed by atoms with Crippen molar-refractivity contribution in [2.75, 3.05) is 11.5 Å². The molecule has 0 amide bonds. The second-order valence-corrected chi connectivity index (χ2v) is 7.22. The molecule has 0 radical (unpaired) electrons. The number of thioether (sulfide) groups is 2. The van der Waals surface area contributed by atoms with Crippen LogP contribution in [0.25, 0.3) is 0 Å². The van der Waals surface area contributed by atoms with Gasteiger partial charge in [0, 0.05) is 0 Å². The van der Waals surface area contributed by atoms with Crippen molar-refractivity contribution in [3.05, 3.63) is 8.47 Å². The molecule has 2 nitrogen and oxygen atoms in total. The van der Waals surface area contributed by atoms with Gasteiger partial charge in [-0.2, -0.15) is 0 Å². The zero-order valence-electron chi connectivity index (χ0n) is 8.60. The van der Waals surface area contributed by atoms with Crippen LogP contribution in [0.15, 0.2) is 8.47 Å². The summed E-state index contributed by atoms with van der Waals surface area (Å²) in [6.07, 6.45) is 0.326. The van der Waals surface area contributed by atoms with Crippen molar-refractivity contribution in [3.8, 4) is 0 Å². The molecule has 6 heteroatoms. The summed E-state index contributed by atoms with van der Waals surface area (Å²) in [6, 6.07) is 0. The van der Waals surface area contributed by atoms with Gasteiger partial charge in [0.2, 0.25) is 0 Å². The fraction of sp³-hybridized carbons (Fsp3) is 0.778. The molecule has 2 heterocycles. The Balaban J connectivity index is 2.08. The summed E-state index contributed by atoms with van der Waals surface area (Å²) >= 11 is 12.0. The standard InChI is InChI=1S/C9H14O2S4/c1-5-6(2)11-9(10-5)3-14-7(12)8(13)15-4-9/h5-6,12-13H,3-4H2,1-2H3/t5-,6-/m1/s1. The van der Waals surface area contributed by atoms with E-state index in [0.29, 0.717) is 0 Å². The van der Waals surface area contributed by atoms with Gasteiger partial charge in [-0.05, 0) is 13.8 Å². The Kier molecular flexibility index (Phi) is 3.96. The summed E-state index contributed by atoms with van der Waals surface area (Å²) in [7, 11) is 0. The highest BCUT2D eigenvalue weighted by Crippen LogP contribution is 2.44. The first-order chi connectivity index (χ1) is 7.02. The van der Waals surface area contributed by atoms with Crippen molar-refractivity contribution in [3.63, 3.8) is 0 Å². The van der Waals surface area contributed by atoms with Gasteiger partial charge in [0.05, 0.1) is 32.2 Å². The maximum absolute atomic E-state index is 5.92. The van der Waals surface area contributed by atoms with Gasteiger partial charge in [-0.15, -0.1) is 48.8 Å². The number of hydrogen-bond donors (Lipinski definition) is 2. The molecule has 0 aromatic heterocycles. The Morgan fingerprint density at radius 2 is 1.47 bits per heavy atom. The molecule has 0 bridgehead atoms. The van der Waals surface area contributed by atoms with E-state index in [1.54, 1.807) is 23.5 Å². The first-order valence-corrected chi connectivity index (χ1v) is 7.62. The third-order valence-corrected chi connectivity index (χ3v) is 6.46. The van der Waals surface area contributed by atoms with Gasteiger partial charge in [0.1, 0.15) is 0 Å². The highest BCUT2D eigenvalue weighted by molar-refractivity contribution is 8.21. The van der Waals surface area contributed by atoms with E-state index >= 15 is 0 Å². The summed E-state index contributed by atoms with van der Waals surface area (Å²) in [5.74, 6) is 1.13. The van der Waals surface area contributed by atoms with Gasteiger partial charge >= 0.3 is 0 Å². The van der Waals surface area contributed by atoms with Crippen LogP contribution < -0.4 is 0 Å². The van der Waals surface area contributed by atoms with E-state index in [9.17, 15) is 0 Å². The highest BCUT2D eigenvalue weighted by Gasteiger charge is 2.45. The molecule has 86 valence electrons. The molecule has 1 spiro atoms. The Bertz CT molecular complexity index is 264. The summed E-state index contributed by atoms with van der Waals surface area (Å²) in [5, 5.41) is 0. The van der Waals surface area contributed by atoms with Crippen LogP contribution >= 0.6 is 48.8 Å². The Labute approximate surface area is 110 Å². The quantitative estimate of drug-likeness (QED) is 0.665. The van der Waals surface area contributed by atoms with Gasteiger partial charge < -0.3 is 9.47 Å². The monoisotopic (exact) mass is 282 g/mol. The molecular weight excluding hydrogens is 268 g/mol. The van der Waals surface area contributed by atoms with Crippen LogP contribution in [0.1, 0.15) is 13.8 Å². The van der Waals surface area contributed by atoms with Crippen molar-refractivity contribution < 1.29 is 9.47 Å². The fourth-order valence-corrected chi connectivity index (χ4v) is 4.25. The van der Waals surface area contributed by atoms with Gasteiger partial charge in [0.15, 0.2) is 5.79 Å². The van der Waals surface area contributed by atoms with Gasteiger partial charge in [-0.25, -0.2) is 0 Å². The van der Waals surface area contributed by atoms with E-state index in [4.69, 9.17) is 9.47 Å². The Morgan fingerprint density at radius 1 is 1.07 bits per heavy atom. The zero-order valence-corrected chi connectivity index (χ0v) is 12.0. The van der Waals surface area contributed by atoms with Crippen LogP contribution in [-0.2, 0) is 9.47 Å². The lowest BCUT2D eigenvalue weighted by Crippen LogP contribution is -2.36. The summed E-state index contributed by atoms with van der Waals surface area (Å²) < 4.78 is 13.8. The normalized spacial score (nSPS) is 36.0. The second kappa shape index (κ2) is 4.74. The van der Waals surface area contributed by atoms with Crippen molar-refractivity contribution in [2.24, 2.45) is 0 Å². The number of thiol groups is 2. The molecule has 0 aliphatic carbocycles. The van der Waals surface area contributed by atoms with E-state index in [0.717, 1.165) is 20.0 Å². The zero-order chi connectivity index (χ0) is 11.1. The third-order valence-electron chi connectivity index (χ3n) is 2.50. The topological polar surface area (TPSA) is 18.5 Å². The first-order valence-electron chi connectivity index (χ1n) is 4.76. The Hall–Kier alpha value is 1.06. The number of hydrogen-bond acceptors (Lipinski definition) is 6. The van der Waals surface area contributed by atoms with Crippen LogP contribution in [0.4, 0.5) is 0 Å². The van der Waals surface area contributed by atoms with Crippen LogP contribution in [-0.4, -0.2) is 29.5 Å². The lowest BCUT2D eigenvalue weighted by molar-refractivity contribution is -0.134. The molecule has 2 atom stereocenters. The minimum atomic E-state index is -0.452. The second-order valence-electron chi connectivity index (χ2n) is 3.74. The maximum atomic E-state index is 5.92. The molecule has 0 unspecified atom stereocenters. The molecule has 2 aliphatic rings. The van der Waals surface area contributed by atoms with Gasteiger partial charge in [0.25, 0.3) is 0 Å². The lowest BCUT2D eigenvalue weighted by Gasteiger charge is -2.25. The van der Waals surface area contributed by atoms with Gasteiger partial charge in [-0.3, -0.25) is 0 Å². The van der Waals surface area contributed by atoms with Crippen molar-refractivity contribution >= 4 is 48.8 Å². The summed E-state index contributed by atoms with van der Waals surface area (Å²) in [4.78, 5) is 0. The predicted molar refractivity (Wildman–Crippen MR) is 73.7 cm³/mol. The first kappa shape index (κ1) is 12.5. The SMILES string of the molecule is C[C@H]1OC2(CSC(S)=C(S)SC2)O[C@@H]1C. The van der Waals surface area contributed by atoms with E-state index in [1.807, 2.05) is 0 Å². The van der Waals surface area contributed by atoms with Crippen LogP contribution in [0, 0.1) is 0 Å². The van der Waals surface area contributed by atoms with Crippen molar-refractivity contribution in [1.29, 1.82) is 0 Å². The molecule has 2 rings (SSSR count). The predicted octanol–water partition coefficient (Wildman–Crippen LogP) is 2.97. The molecule has 1 fully saturated rings. The summed E-state index contributed by atoms with van der Waals surface area (Å²) in [5.41, 5.74) is 0. The Morgan fingerprint density at radius 3 is 1.87 bits per heavy atom. The molecule has 1 saturated heterocycles. The van der Waals surface area contributed by atoms with Gasteiger partial charge in [-0.1, -0.05) is 0 Å². The number of rotatable bonds is 0. The molecule has 0 aromatic rings. The smallest absolute Gasteiger partial charge is 0.187 e. The van der Waals surface area contributed by atoms with Crippen molar-refractivity contribution in [1.82, 2.24) is 0 Å². The molecule has 2 aliphatic heterocycles. The molecule has 0 saturated carbocycles. The van der Waals surface area contributed by atoms with Crippen molar-refractivity contribution in [2.45, 2.75) is 31.8 Å². The minimum absolute atomic E-state index is 0.163. The van der Waals surface area contributed by atoms with E-state index in [-0.39, 0.29) is 12.2 Å². The highest BCUT2D eigenvalue weighted by atomic mass is 32.2. The number of ether oxygens (including phenoxy) is 2. The van der Waals surface area contributed by atoms with E-state index < -0.39 is 5.79 Å². The van der Waals surface area contributed by atoms with Crippen LogP contribution in [0.2, 0.25) is 0 Å². The lowest BCUT2D eigenvalue weighted by atomic mass is 10.3. The van der Waals surface area contributed by atoms with E-state index in [1.165, 1.54) is 0 Å². The minimum Gasteiger partial charge on any atom is -0.343 e. The molecule has 15 heavy (non-hydrogen) atoms. The summed E-state index contributed by atoms with van der Waals surface area (Å²) in [6.45, 7) is 4.10. The van der Waals surface area contributed by atoms with E-state index in [2.05, 4.69) is 39.1 Å². The molecule has 0 aromatic carbocycles. The van der Waals surface area contributed by atoms with Crippen LogP contribution in [0.5, 0.6) is 0 Å². The molecular formula is C9H14O2S4. The average molecular weight is 282 g/mol. The average Bonchev–Trinajstić information content (AvgIpc) is 2.41. The molecule has 0 N–H and O–H groups in total. The largest absolute Gasteiger partial charge is 0.343 e. The van der Waals surface area contributed by atoms with Crippen LogP contribution in [0.3, 0.4) is 0 Å². The maximum Gasteiger partial charge on any atom is 0.187 e. The fourth-order valence-electron chi connectivity index (χ4n) is 1.55.